The number of ether oxygens (including phenoxy) is 9. The maximum Gasteiger partial charge on any atom is 0.246 e. The number of hydrogen-bond donors (Lipinski definition) is 13. The van der Waals surface area contributed by atoms with Gasteiger partial charge in [0.25, 0.3) is 0 Å². The van der Waals surface area contributed by atoms with E-state index in [1.165, 1.54) is 24.1 Å². The number of rotatable bonds is 44. The molecule has 2 saturated heterocycles. The molecule has 5 heterocycles. The summed E-state index contributed by atoms with van der Waals surface area (Å²) in [6.45, 7) is 11.1. The largest absolute Gasteiger partial charge is 0.486 e. The maximum atomic E-state index is 18.1. The number of aliphatic hydroxyl groups excluding tert-OH is 5. The second-order valence-electron chi connectivity index (χ2n) is 36.4. The summed E-state index contributed by atoms with van der Waals surface area (Å²) in [6.07, 6.45) is -3.48. The van der Waals surface area contributed by atoms with Crippen LogP contribution in [-0.2, 0) is 87.6 Å². The van der Waals surface area contributed by atoms with Gasteiger partial charge in [-0.1, -0.05) is 102 Å². The Balaban J connectivity index is 0.547. The lowest BCUT2D eigenvalue weighted by atomic mass is 9.44. The Morgan fingerprint density at radius 2 is 1.45 bits per heavy atom. The number of benzene rings is 3. The summed E-state index contributed by atoms with van der Waals surface area (Å²) >= 11 is 0. The van der Waals surface area contributed by atoms with Gasteiger partial charge in [-0.3, -0.25) is 53.2 Å². The number of carbonyl (C=O) groups excluding carboxylic acids is 9. The first kappa shape index (κ1) is 98.4. The van der Waals surface area contributed by atoms with Crippen LogP contribution in [0.4, 0.5) is 20.2 Å². The minimum absolute atomic E-state index is 0.0102. The van der Waals surface area contributed by atoms with E-state index in [4.69, 9.17) is 42.6 Å². The van der Waals surface area contributed by atoms with E-state index in [1.54, 1.807) is 56.9 Å². The second kappa shape index (κ2) is 44.2. The summed E-state index contributed by atoms with van der Waals surface area (Å²) < 4.78 is 88.5. The van der Waals surface area contributed by atoms with E-state index in [2.05, 4.69) is 43.2 Å². The first-order chi connectivity index (χ1) is 62.4. The highest BCUT2D eigenvalue weighted by atomic mass is 19.1. The SMILES string of the molecule is CCCC1O[C@@H]2C[C@H]3[C@@H]4C[C@H](F)C5=CC(=O)C=C[C@]5(C)[C@@]4(F)[C@@H](O)C[C@]3(C)[C@]2(C(=O)COc2ccc(NC(=O)[C@H](C)CC(=O)[C@@H](NC(=O)[C@@H](CCCCNC(=O)COC3CCCCCC4=C3NNN4[C@@H]3O[C@H](CO)[C@H](O)[C@H](O)[C@H]3O)NC(=O)CCOCCOCCOCCOCCCC(=O)CCC(=O)N3Cc4ccccc4C4=C(NNN4C)c4ccccc43)C(C)C)cc2)O1. The van der Waals surface area contributed by atoms with Crippen LogP contribution in [0.1, 0.15) is 180 Å². The van der Waals surface area contributed by atoms with Gasteiger partial charge >= 0.3 is 0 Å². The fraction of sp³-hybridized carbons (Fsp3) is 0.628. The molecule has 13 N–H and O–H groups in total. The minimum Gasteiger partial charge on any atom is -0.486 e. The van der Waals surface area contributed by atoms with Gasteiger partial charge in [0.15, 0.2) is 35.4 Å². The number of halogens is 2. The van der Waals surface area contributed by atoms with Gasteiger partial charge in [-0.2, -0.15) is 0 Å². The lowest BCUT2D eigenvalue weighted by Crippen LogP contribution is -2.71. The maximum absolute atomic E-state index is 18.1. The lowest BCUT2D eigenvalue weighted by molar-refractivity contribution is -0.266. The number of nitrogens with zero attached hydrogens (tertiary/aromatic N) is 3. The first-order valence-electron chi connectivity index (χ1n) is 46.0. The Labute approximate surface area is 756 Å². The standard InChI is InChI=1S/C94H129F2N11O23/c1-8-19-80-129-76-49-64-65-48-67(95)66-47-60(110)34-36-91(66,5)93(65,96)74(112)50-92(64,6)94(76,130-80)75(113)53-126-61-31-28-58(29-32-61)98-88(120)56(4)46-71(111)81(55(2)3)100-89(121)68(24-16-17-37-97-78(115)54-127-72-27-11-9-10-26-70-83(72)102-104-107(70)90-87(119)86(118)85(117)73(52-108)128-90)99-77(114)35-39-123-41-43-125-45-44-124-42-40-122-38-18-21-59(109)30-33-79(116)106-51-57-20-12-13-22-62(57)84-82(101-103-105(84)7)63-23-14-15-25-69(63)106/h12-15,20,22-23,25,28-29,31-32,34,36,47,55-56,64-65,67-68,72-74,76,80-81,85-87,90,101-104,108,112,117-119H,8-11,16-19,21,24,26-27,30,33,35,37-46,48-54H2,1-7H3,(H,97,115)(H,98,120)(H,99,114)(H,100,121)/t56-,64+,65+,67+,68-,72?,73-,74+,76-,80?,81+,85+,86+,87-,90-,91+,92+,93+,94-/m1/s1. The van der Waals surface area contributed by atoms with Crippen LogP contribution < -0.4 is 52.8 Å². The zero-order valence-corrected chi connectivity index (χ0v) is 75.2. The number of hydrogen-bond acceptors (Lipinski definition) is 29. The van der Waals surface area contributed by atoms with Gasteiger partial charge in [-0.05, 0) is 143 Å². The van der Waals surface area contributed by atoms with Crippen LogP contribution >= 0.6 is 0 Å². The van der Waals surface area contributed by atoms with Gasteiger partial charge < -0.3 is 105 Å². The number of nitrogens with one attached hydrogen (secondary N) is 8. The molecule has 2 unspecified atom stereocenters. The number of aliphatic hydroxyl groups is 5. The number of unbranched alkanes of at least 4 members (excludes halogenated alkanes) is 1. The van der Waals surface area contributed by atoms with Gasteiger partial charge in [-0.15, -0.1) is 11.1 Å². The normalized spacial score (nSPS) is 29.1. The molecule has 0 radical (unpaired) electrons. The molecule has 36 heteroatoms. The molecule has 5 aliphatic carbocycles. The first-order valence-corrected chi connectivity index (χ1v) is 46.0. The molecule has 34 nitrogen and oxygen atoms in total. The van der Waals surface area contributed by atoms with Crippen LogP contribution in [0, 0.1) is 34.5 Å². The zero-order valence-electron chi connectivity index (χ0n) is 75.2. The highest BCUT2D eigenvalue weighted by Gasteiger charge is 2.80. The summed E-state index contributed by atoms with van der Waals surface area (Å²) in [6, 6.07) is 19.7. The molecule has 0 spiro atoms. The summed E-state index contributed by atoms with van der Waals surface area (Å²) in [5.74, 6) is -6.60. The number of Topliss-reactive ketones (excluding diaryl/α,β-unsaturated/α-hetero) is 3. The van der Waals surface area contributed by atoms with Crippen LogP contribution in [0.15, 0.2) is 108 Å². The van der Waals surface area contributed by atoms with Gasteiger partial charge in [0.2, 0.25) is 35.3 Å². The van der Waals surface area contributed by atoms with Crippen molar-refractivity contribution >= 4 is 75.4 Å². The number of amides is 5. The molecule has 712 valence electrons. The molecule has 5 aliphatic heterocycles. The predicted molar refractivity (Wildman–Crippen MR) is 469 cm³/mol. The lowest BCUT2D eigenvalue weighted by Gasteiger charge is -2.63. The second-order valence-corrected chi connectivity index (χ2v) is 36.4. The van der Waals surface area contributed by atoms with Crippen LogP contribution in [0.2, 0.25) is 0 Å². The van der Waals surface area contributed by atoms with E-state index in [0.29, 0.717) is 88.4 Å². The molecule has 19 atom stereocenters. The van der Waals surface area contributed by atoms with Crippen molar-refractivity contribution in [3.63, 3.8) is 0 Å². The summed E-state index contributed by atoms with van der Waals surface area (Å²) in [5.41, 5.74) is 12.6. The van der Waals surface area contributed by atoms with Crippen LogP contribution in [-0.4, -0.2) is 259 Å². The third-order valence-electron chi connectivity index (χ3n) is 27.4. The number of anilines is 2. The van der Waals surface area contributed by atoms with Crippen LogP contribution in [0.3, 0.4) is 0 Å². The number of alkyl halides is 2. The molecule has 3 aromatic carbocycles. The van der Waals surface area contributed by atoms with Crippen molar-refractivity contribution in [2.24, 2.45) is 34.5 Å². The third-order valence-corrected chi connectivity index (χ3v) is 27.4. The number of ketones is 4. The van der Waals surface area contributed by atoms with Crippen molar-refractivity contribution in [3.8, 4) is 5.75 Å². The highest BCUT2D eigenvalue weighted by molar-refractivity contribution is 6.04. The number of carbonyl (C=O) groups is 9. The average Bonchev–Trinajstić information content (AvgIpc) is 1.45. The monoisotopic (exact) mass is 1820 g/mol. The number of hydrazine groups is 4. The van der Waals surface area contributed by atoms with Gasteiger partial charge in [0, 0.05) is 91.8 Å². The average molecular weight is 1820 g/mol. The molecule has 3 saturated carbocycles. The van der Waals surface area contributed by atoms with Gasteiger partial charge in [-0.25, -0.2) is 8.78 Å². The van der Waals surface area contributed by atoms with E-state index in [0.717, 1.165) is 59.1 Å². The Bertz CT molecular complexity index is 4650. The quantitative estimate of drug-likeness (QED) is 0.0293. The summed E-state index contributed by atoms with van der Waals surface area (Å²) in [4.78, 5) is 126. The molecule has 13 rings (SSSR count). The summed E-state index contributed by atoms with van der Waals surface area (Å²) in [7, 11) is 1.93. The third kappa shape index (κ3) is 21.6. The smallest absolute Gasteiger partial charge is 0.246 e. The van der Waals surface area contributed by atoms with Crippen molar-refractivity contribution in [2.75, 3.05) is 96.5 Å². The van der Waals surface area contributed by atoms with Gasteiger partial charge in [0.05, 0.1) is 106 Å². The zero-order chi connectivity index (χ0) is 92.8. The molecule has 0 aromatic heterocycles. The molecule has 5 amide bonds. The topological polar surface area (TPSA) is 444 Å². The Morgan fingerprint density at radius 3 is 2.18 bits per heavy atom. The molecule has 3 aromatic rings. The van der Waals surface area contributed by atoms with Crippen molar-refractivity contribution in [1.82, 2.24) is 47.9 Å². The predicted octanol–water partition coefficient (Wildman–Crippen LogP) is 5.89. The molecule has 0 bridgehead atoms. The fourth-order valence-corrected chi connectivity index (χ4v) is 20.5. The number of allylic oxidation sites excluding steroid dienone is 5. The van der Waals surface area contributed by atoms with E-state index in [-0.39, 0.29) is 127 Å². The van der Waals surface area contributed by atoms with E-state index < -0.39 is 173 Å². The Hall–Kier alpha value is -9.09. The van der Waals surface area contributed by atoms with Crippen molar-refractivity contribution in [3.05, 3.63) is 125 Å². The molecular weight excluding hydrogens is 1690 g/mol. The number of para-hydroxylation sites is 1. The van der Waals surface area contributed by atoms with Crippen molar-refractivity contribution < 1.29 is 120 Å². The highest BCUT2D eigenvalue weighted by Crippen LogP contribution is 2.72. The Kier molecular flexibility index (Phi) is 33.4. The van der Waals surface area contributed by atoms with Crippen molar-refractivity contribution in [2.45, 2.75) is 255 Å². The van der Waals surface area contributed by atoms with Gasteiger partial charge in [0.1, 0.15) is 67.5 Å². The van der Waals surface area contributed by atoms with E-state index in [9.17, 15) is 68.7 Å². The Morgan fingerprint density at radius 1 is 0.731 bits per heavy atom. The molecule has 130 heavy (non-hydrogen) atoms. The fourth-order valence-electron chi connectivity index (χ4n) is 20.5. The van der Waals surface area contributed by atoms with Crippen molar-refractivity contribution in [1.29, 1.82) is 0 Å². The van der Waals surface area contributed by atoms with E-state index in [1.807, 2.05) is 67.5 Å². The van der Waals surface area contributed by atoms with Crippen LogP contribution in [0.5, 0.6) is 5.75 Å². The van der Waals surface area contributed by atoms with E-state index >= 15 is 8.78 Å². The molecular formula is C94H129F2N11O23. The number of fused-ring (bicyclic) bond motifs is 11. The van der Waals surface area contributed by atoms with Crippen LogP contribution in [0.25, 0.3) is 11.4 Å². The summed E-state index contributed by atoms with van der Waals surface area (Å²) in [5, 5.41) is 68.7. The molecule has 10 aliphatic rings. The minimum atomic E-state index is -2.38. The molecule has 5 fully saturated rings.